The lowest BCUT2D eigenvalue weighted by Gasteiger charge is -2.24. The first-order valence-corrected chi connectivity index (χ1v) is 4.68. The zero-order chi connectivity index (χ0) is 9.14. The van der Waals surface area contributed by atoms with E-state index < -0.39 is 17.2 Å². The highest BCUT2D eigenvalue weighted by molar-refractivity contribution is 8.00. The van der Waals surface area contributed by atoms with Gasteiger partial charge in [-0.15, -0.1) is 11.8 Å². The van der Waals surface area contributed by atoms with E-state index in [1.807, 2.05) is 0 Å². The van der Waals surface area contributed by atoms with Crippen molar-refractivity contribution in [2.24, 2.45) is 0 Å². The quantitative estimate of drug-likeness (QED) is 0.643. The van der Waals surface area contributed by atoms with Crippen molar-refractivity contribution in [3.8, 4) is 0 Å². The molecule has 0 bridgehead atoms. The Balaban J connectivity index is 2.45. The number of carboxylic acid groups (broad SMARTS) is 1. The van der Waals surface area contributed by atoms with Crippen LogP contribution in [0.3, 0.4) is 0 Å². The molecule has 1 rings (SSSR count). The van der Waals surface area contributed by atoms with Crippen LogP contribution in [0.25, 0.3) is 0 Å². The highest BCUT2D eigenvalue weighted by Crippen LogP contribution is 2.23. The van der Waals surface area contributed by atoms with Gasteiger partial charge < -0.3 is 9.84 Å². The zero-order valence-corrected chi connectivity index (χ0v) is 7.47. The van der Waals surface area contributed by atoms with Crippen molar-refractivity contribution in [1.29, 1.82) is 0 Å². The zero-order valence-electron chi connectivity index (χ0n) is 6.65. The number of rotatable bonds is 2. The van der Waals surface area contributed by atoms with Gasteiger partial charge in [-0.05, 0) is 6.92 Å². The third-order valence-electron chi connectivity index (χ3n) is 1.47. The molecule has 0 spiro atoms. The summed E-state index contributed by atoms with van der Waals surface area (Å²) in [6, 6.07) is 0. The van der Waals surface area contributed by atoms with E-state index >= 15 is 0 Å². The Labute approximate surface area is 74.3 Å². The topological polar surface area (TPSA) is 63.6 Å². The van der Waals surface area contributed by atoms with Gasteiger partial charge in [-0.3, -0.25) is 9.59 Å². The molecule has 0 amide bonds. The number of hydrogen-bond donors (Lipinski definition) is 1. The Morgan fingerprint density at radius 3 is 3.00 bits per heavy atom. The van der Waals surface area contributed by atoms with Crippen molar-refractivity contribution >= 4 is 23.7 Å². The second-order valence-corrected chi connectivity index (χ2v) is 3.90. The Kier molecular flexibility index (Phi) is 2.97. The summed E-state index contributed by atoms with van der Waals surface area (Å²) in [5.74, 6) is -0.677. The maximum atomic E-state index is 11.0. The lowest BCUT2D eigenvalue weighted by Crippen LogP contribution is -2.33. The van der Waals surface area contributed by atoms with Crippen LogP contribution in [-0.2, 0) is 14.3 Å². The summed E-state index contributed by atoms with van der Waals surface area (Å²) >= 11 is 1.35. The molecule has 0 aromatic heterocycles. The molecule has 1 aliphatic heterocycles. The van der Waals surface area contributed by atoms with E-state index in [0.29, 0.717) is 5.75 Å². The van der Waals surface area contributed by atoms with Gasteiger partial charge in [0, 0.05) is 5.75 Å². The van der Waals surface area contributed by atoms with E-state index in [-0.39, 0.29) is 12.5 Å². The maximum absolute atomic E-state index is 11.0. The first-order chi connectivity index (χ1) is 5.59. The minimum Gasteiger partial charge on any atom is -0.481 e. The molecular weight excluding hydrogens is 180 g/mol. The number of hydrogen-bond acceptors (Lipinski definition) is 4. The van der Waals surface area contributed by atoms with Crippen molar-refractivity contribution in [3.05, 3.63) is 0 Å². The summed E-state index contributed by atoms with van der Waals surface area (Å²) in [5.41, 5.74) is 0. The van der Waals surface area contributed by atoms with Gasteiger partial charge in [-0.2, -0.15) is 0 Å². The molecule has 5 heteroatoms. The molecule has 0 aliphatic carbocycles. The monoisotopic (exact) mass is 190 g/mol. The minimum atomic E-state index is -0.959. The second-order valence-electron chi connectivity index (χ2n) is 2.67. The lowest BCUT2D eigenvalue weighted by atomic mass is 10.3. The summed E-state index contributed by atoms with van der Waals surface area (Å²) < 4.78 is 4.88. The predicted octanol–water partition coefficient (Wildman–Crippen LogP) is 0.508. The molecule has 2 unspecified atom stereocenters. The molecular formula is C7H10O4S. The summed E-state index contributed by atoms with van der Waals surface area (Å²) in [7, 11) is 0. The molecule has 2 atom stereocenters. The molecule has 4 nitrogen and oxygen atoms in total. The van der Waals surface area contributed by atoms with Crippen molar-refractivity contribution < 1.29 is 19.4 Å². The van der Waals surface area contributed by atoms with Crippen LogP contribution in [0.15, 0.2) is 0 Å². The van der Waals surface area contributed by atoms with Crippen LogP contribution in [0.4, 0.5) is 0 Å². The Bertz CT molecular complexity index is 204. The molecule has 0 aromatic rings. The van der Waals surface area contributed by atoms with E-state index in [2.05, 4.69) is 0 Å². The van der Waals surface area contributed by atoms with Crippen molar-refractivity contribution in [3.63, 3.8) is 0 Å². The second kappa shape index (κ2) is 3.80. The number of carbonyl (C=O) groups excluding carboxylic acids is 1. The predicted molar refractivity (Wildman–Crippen MR) is 44.1 cm³/mol. The average Bonchev–Trinajstić information content (AvgIpc) is 1.94. The summed E-state index contributed by atoms with van der Waals surface area (Å²) in [6.07, 6.45) is -0.233. The van der Waals surface area contributed by atoms with E-state index in [4.69, 9.17) is 9.84 Å². The normalized spacial score (nSPS) is 29.6. The Hall–Kier alpha value is -0.710. The summed E-state index contributed by atoms with van der Waals surface area (Å²) in [5, 5.41) is 7.91. The van der Waals surface area contributed by atoms with Gasteiger partial charge in [0.2, 0.25) is 0 Å². The lowest BCUT2D eigenvalue weighted by molar-refractivity contribution is -0.150. The number of ether oxygens (including phenoxy) is 1. The fraction of sp³-hybridized carbons (Fsp3) is 0.714. The largest absolute Gasteiger partial charge is 0.481 e. The number of carbonyl (C=O) groups is 2. The molecule has 1 fully saturated rings. The van der Waals surface area contributed by atoms with Crippen LogP contribution in [0.1, 0.15) is 13.3 Å². The smallest absolute Gasteiger partial charge is 0.319 e. The van der Waals surface area contributed by atoms with Gasteiger partial charge in [-0.1, -0.05) is 0 Å². The van der Waals surface area contributed by atoms with Crippen molar-refractivity contribution in [2.75, 3.05) is 5.75 Å². The summed E-state index contributed by atoms with van der Waals surface area (Å²) in [6.45, 7) is 1.79. The minimum absolute atomic E-state index is 0.0902. The van der Waals surface area contributed by atoms with E-state index in [0.717, 1.165) is 0 Å². The molecule has 12 heavy (non-hydrogen) atoms. The van der Waals surface area contributed by atoms with Crippen molar-refractivity contribution in [2.45, 2.75) is 24.7 Å². The molecule has 0 saturated carbocycles. The van der Waals surface area contributed by atoms with Gasteiger partial charge in [-0.25, -0.2) is 0 Å². The van der Waals surface area contributed by atoms with Crippen LogP contribution in [-0.4, -0.2) is 34.2 Å². The van der Waals surface area contributed by atoms with Crippen LogP contribution in [0, 0.1) is 0 Å². The molecule has 1 N–H and O–H groups in total. The fourth-order valence-electron chi connectivity index (χ4n) is 0.929. The van der Waals surface area contributed by atoms with E-state index in [1.54, 1.807) is 6.92 Å². The molecule has 0 radical (unpaired) electrons. The van der Waals surface area contributed by atoms with Crippen LogP contribution in [0.5, 0.6) is 0 Å². The van der Waals surface area contributed by atoms with Gasteiger partial charge in [0.25, 0.3) is 0 Å². The Morgan fingerprint density at radius 1 is 1.83 bits per heavy atom. The maximum Gasteiger partial charge on any atom is 0.319 e. The van der Waals surface area contributed by atoms with Crippen molar-refractivity contribution in [1.82, 2.24) is 0 Å². The average molecular weight is 190 g/mol. The third kappa shape index (κ3) is 2.41. The molecule has 1 saturated heterocycles. The molecule has 0 aromatic carbocycles. The number of esters is 1. The van der Waals surface area contributed by atoms with Gasteiger partial charge in [0.15, 0.2) is 0 Å². The third-order valence-corrected chi connectivity index (χ3v) is 2.90. The van der Waals surface area contributed by atoms with E-state index in [9.17, 15) is 9.59 Å². The van der Waals surface area contributed by atoms with Crippen LogP contribution >= 0.6 is 11.8 Å². The number of carboxylic acids is 1. The van der Waals surface area contributed by atoms with Gasteiger partial charge in [0.1, 0.15) is 11.4 Å². The number of thioether (sulfide) groups is 1. The Morgan fingerprint density at radius 2 is 2.50 bits per heavy atom. The van der Waals surface area contributed by atoms with Gasteiger partial charge >= 0.3 is 11.9 Å². The highest BCUT2D eigenvalue weighted by atomic mass is 32.2. The first kappa shape index (κ1) is 9.38. The highest BCUT2D eigenvalue weighted by Gasteiger charge is 2.30. The molecule has 1 heterocycles. The van der Waals surface area contributed by atoms with Crippen LogP contribution < -0.4 is 0 Å². The fourth-order valence-corrected chi connectivity index (χ4v) is 1.95. The SMILES string of the molecule is CC1CSC(CC(=O)O)C(=O)O1. The molecule has 68 valence electrons. The van der Waals surface area contributed by atoms with Crippen LogP contribution in [0.2, 0.25) is 0 Å². The standard InChI is InChI=1S/C7H10O4S/c1-4-3-12-5(2-6(8)9)7(10)11-4/h4-5H,2-3H2,1H3,(H,8,9). The first-order valence-electron chi connectivity index (χ1n) is 3.63. The number of aliphatic carboxylic acids is 1. The van der Waals surface area contributed by atoms with Gasteiger partial charge in [0.05, 0.1) is 6.42 Å². The number of cyclic esters (lactones) is 1. The molecule has 1 aliphatic rings. The van der Waals surface area contributed by atoms with E-state index in [1.165, 1.54) is 11.8 Å². The summed E-state index contributed by atoms with van der Waals surface area (Å²) in [4.78, 5) is 21.3.